The first kappa shape index (κ1) is 13.8. The quantitative estimate of drug-likeness (QED) is 0.796. The Balaban J connectivity index is 2.02. The molecule has 0 N–H and O–H groups in total. The van der Waals surface area contributed by atoms with Crippen LogP contribution >= 0.6 is 0 Å². The van der Waals surface area contributed by atoms with Gasteiger partial charge in [-0.25, -0.2) is 0 Å². The predicted octanol–water partition coefficient (Wildman–Crippen LogP) is 3.35. The van der Waals surface area contributed by atoms with Crippen molar-refractivity contribution >= 4 is 5.97 Å². The Labute approximate surface area is 118 Å². The van der Waals surface area contributed by atoms with Crippen LogP contribution in [0.2, 0.25) is 0 Å². The number of nitrogens with zero attached hydrogens (tertiary/aromatic N) is 1. The number of hydrogen-bond donors (Lipinski definition) is 0. The topological polar surface area (TPSA) is 50.1 Å². The number of carbonyl (C=O) groups is 1. The molecule has 100 valence electrons. The van der Waals surface area contributed by atoms with Gasteiger partial charge in [0.2, 0.25) is 0 Å². The highest BCUT2D eigenvalue weighted by Crippen LogP contribution is 2.19. The Kier molecular flexibility index (Phi) is 4.52. The molecule has 0 fully saturated rings. The number of benzene rings is 2. The summed E-state index contributed by atoms with van der Waals surface area (Å²) in [5.74, 6) is -0.383. The molecule has 0 aliphatic heterocycles. The van der Waals surface area contributed by atoms with Gasteiger partial charge in [0.25, 0.3) is 0 Å². The maximum atomic E-state index is 11.6. The normalized spacial score (nSPS) is 11.4. The third-order valence-corrected chi connectivity index (χ3v) is 2.90. The first-order chi connectivity index (χ1) is 9.69. The van der Waals surface area contributed by atoms with Crippen molar-refractivity contribution < 1.29 is 9.53 Å². The highest BCUT2D eigenvalue weighted by Gasteiger charge is 2.09. The summed E-state index contributed by atoms with van der Waals surface area (Å²) in [6.07, 6.45) is -0.521. The lowest BCUT2D eigenvalue weighted by atomic mass is 10.0. The third kappa shape index (κ3) is 3.69. The monoisotopic (exact) mass is 265 g/mol. The second-order valence-electron chi connectivity index (χ2n) is 4.50. The zero-order chi connectivity index (χ0) is 14.4. The summed E-state index contributed by atoms with van der Waals surface area (Å²) < 4.78 is 4.92. The number of hydrogen-bond acceptors (Lipinski definition) is 3. The summed E-state index contributed by atoms with van der Waals surface area (Å²) in [5.41, 5.74) is 3.12. The highest BCUT2D eigenvalue weighted by atomic mass is 16.5. The zero-order valence-corrected chi connectivity index (χ0v) is 11.2. The molecule has 0 spiro atoms. The van der Waals surface area contributed by atoms with Crippen molar-refractivity contribution in [2.24, 2.45) is 0 Å². The molecule has 0 heterocycles. The summed E-state index contributed by atoms with van der Waals surface area (Å²) in [5, 5.41) is 8.58. The number of rotatable bonds is 4. The van der Waals surface area contributed by atoms with E-state index < -0.39 is 6.10 Å². The first-order valence-electron chi connectivity index (χ1n) is 6.42. The number of esters is 1. The molecule has 2 rings (SSSR count). The molecule has 0 aliphatic carbocycles. The molecular formula is C17H15NO2. The van der Waals surface area contributed by atoms with E-state index in [1.54, 1.807) is 6.92 Å². The fraction of sp³-hybridized carbons (Fsp3) is 0.176. The van der Waals surface area contributed by atoms with Crippen molar-refractivity contribution in [2.45, 2.75) is 19.4 Å². The number of ether oxygens (including phenoxy) is 1. The zero-order valence-electron chi connectivity index (χ0n) is 11.2. The van der Waals surface area contributed by atoms with Crippen molar-refractivity contribution in [1.29, 1.82) is 5.26 Å². The van der Waals surface area contributed by atoms with Gasteiger partial charge in [0.15, 0.2) is 6.10 Å². The first-order valence-corrected chi connectivity index (χ1v) is 6.42. The molecule has 0 saturated carbocycles. The van der Waals surface area contributed by atoms with Crippen LogP contribution in [0.15, 0.2) is 54.6 Å². The highest BCUT2D eigenvalue weighted by molar-refractivity contribution is 5.73. The van der Waals surface area contributed by atoms with Crippen molar-refractivity contribution in [3.8, 4) is 17.2 Å². The van der Waals surface area contributed by atoms with Crippen molar-refractivity contribution in [3.63, 3.8) is 0 Å². The molecule has 0 saturated heterocycles. The fourth-order valence-electron chi connectivity index (χ4n) is 1.88. The van der Waals surface area contributed by atoms with Crippen molar-refractivity contribution in [1.82, 2.24) is 0 Å². The van der Waals surface area contributed by atoms with Gasteiger partial charge in [-0.2, -0.15) is 5.26 Å². The predicted molar refractivity (Wildman–Crippen MR) is 76.7 cm³/mol. The minimum absolute atomic E-state index is 0.182. The Bertz CT molecular complexity index is 612. The second-order valence-corrected chi connectivity index (χ2v) is 4.50. The smallest absolute Gasteiger partial charge is 0.311 e. The van der Waals surface area contributed by atoms with E-state index in [1.807, 2.05) is 60.7 Å². The molecule has 2 aromatic rings. The number of carbonyl (C=O) groups excluding carboxylic acids is 1. The van der Waals surface area contributed by atoms with E-state index in [9.17, 15) is 4.79 Å². The summed E-state index contributed by atoms with van der Waals surface area (Å²) in [6.45, 7) is 1.55. The lowest BCUT2D eigenvalue weighted by molar-refractivity contribution is -0.145. The van der Waals surface area contributed by atoms with E-state index in [1.165, 1.54) is 0 Å². The van der Waals surface area contributed by atoms with Crippen LogP contribution in [0.4, 0.5) is 0 Å². The van der Waals surface area contributed by atoms with Crippen LogP contribution in [0.1, 0.15) is 12.5 Å². The molecule has 1 atom stereocenters. The number of nitriles is 1. The lowest BCUT2D eigenvalue weighted by Gasteiger charge is -2.07. The standard InChI is InChI=1S/C17H15NO2/c1-13(12-18)20-17(19)11-14-7-9-16(10-8-14)15-5-3-2-4-6-15/h2-10,13H,11H2,1H3. The third-order valence-electron chi connectivity index (χ3n) is 2.90. The minimum atomic E-state index is -0.703. The SMILES string of the molecule is CC(C#N)OC(=O)Cc1ccc(-c2ccccc2)cc1. The van der Waals surface area contributed by atoms with Gasteiger partial charge in [-0.1, -0.05) is 54.6 Å². The largest absolute Gasteiger partial charge is 0.447 e. The molecule has 3 heteroatoms. The molecule has 1 unspecified atom stereocenters. The Morgan fingerprint density at radius 1 is 1.10 bits per heavy atom. The van der Waals surface area contributed by atoms with Crippen molar-refractivity contribution in [3.05, 3.63) is 60.2 Å². The molecule has 2 aromatic carbocycles. The van der Waals surface area contributed by atoms with Gasteiger partial charge in [0, 0.05) is 0 Å². The molecule has 0 aliphatic rings. The minimum Gasteiger partial charge on any atom is -0.447 e. The van der Waals surface area contributed by atoms with Gasteiger partial charge < -0.3 is 4.74 Å². The van der Waals surface area contributed by atoms with Gasteiger partial charge in [-0.05, 0) is 23.6 Å². The van der Waals surface area contributed by atoms with E-state index in [4.69, 9.17) is 10.00 Å². The van der Waals surface area contributed by atoms with Crippen LogP contribution in [0.25, 0.3) is 11.1 Å². The van der Waals surface area contributed by atoms with Gasteiger partial charge in [0.1, 0.15) is 6.07 Å². The Morgan fingerprint density at radius 3 is 2.30 bits per heavy atom. The maximum Gasteiger partial charge on any atom is 0.311 e. The van der Waals surface area contributed by atoms with Crippen molar-refractivity contribution in [2.75, 3.05) is 0 Å². The summed E-state index contributed by atoms with van der Waals surface area (Å²) >= 11 is 0. The van der Waals surface area contributed by atoms with Crippen LogP contribution < -0.4 is 0 Å². The second kappa shape index (κ2) is 6.53. The Morgan fingerprint density at radius 2 is 1.70 bits per heavy atom. The average Bonchev–Trinajstić information content (AvgIpc) is 2.48. The summed E-state index contributed by atoms with van der Waals surface area (Å²) in [6, 6.07) is 19.7. The molecule has 20 heavy (non-hydrogen) atoms. The van der Waals surface area contributed by atoms with Crippen LogP contribution in [-0.2, 0) is 16.0 Å². The van der Waals surface area contributed by atoms with Gasteiger partial charge >= 0.3 is 5.97 Å². The summed E-state index contributed by atoms with van der Waals surface area (Å²) in [7, 11) is 0. The molecule has 0 radical (unpaired) electrons. The summed E-state index contributed by atoms with van der Waals surface area (Å²) in [4.78, 5) is 11.6. The van der Waals surface area contributed by atoms with Gasteiger partial charge in [-0.3, -0.25) is 4.79 Å². The average molecular weight is 265 g/mol. The van der Waals surface area contributed by atoms with E-state index in [-0.39, 0.29) is 12.4 Å². The van der Waals surface area contributed by atoms with Gasteiger partial charge in [-0.15, -0.1) is 0 Å². The molecule has 0 bridgehead atoms. The van der Waals surface area contributed by atoms with Crippen LogP contribution in [0.3, 0.4) is 0 Å². The van der Waals surface area contributed by atoms with E-state index in [0.717, 1.165) is 16.7 Å². The molecule has 3 nitrogen and oxygen atoms in total. The maximum absolute atomic E-state index is 11.6. The van der Waals surface area contributed by atoms with E-state index in [2.05, 4.69) is 0 Å². The van der Waals surface area contributed by atoms with Crippen LogP contribution in [0.5, 0.6) is 0 Å². The molecule has 0 aromatic heterocycles. The molecule has 0 amide bonds. The van der Waals surface area contributed by atoms with E-state index >= 15 is 0 Å². The van der Waals surface area contributed by atoms with E-state index in [0.29, 0.717) is 0 Å². The molecular weight excluding hydrogens is 250 g/mol. The fourth-order valence-corrected chi connectivity index (χ4v) is 1.88. The van der Waals surface area contributed by atoms with Crippen LogP contribution in [0, 0.1) is 11.3 Å². The van der Waals surface area contributed by atoms with Gasteiger partial charge in [0.05, 0.1) is 6.42 Å². The lowest BCUT2D eigenvalue weighted by Crippen LogP contribution is -2.14. The Hall–Kier alpha value is -2.60. The van der Waals surface area contributed by atoms with Crippen LogP contribution in [-0.4, -0.2) is 12.1 Å².